The molecule has 39 heavy (non-hydrogen) atoms. The van der Waals surface area contributed by atoms with Gasteiger partial charge in [0, 0.05) is 60.4 Å². The number of nitrogens with zero attached hydrogens (tertiary/aromatic N) is 5. The molecule has 2 unspecified atom stereocenters. The number of carbonyl (C=O) groups excluding carboxylic acids is 2. The molecule has 6 rings (SSSR count). The van der Waals surface area contributed by atoms with E-state index in [0.29, 0.717) is 31.7 Å². The summed E-state index contributed by atoms with van der Waals surface area (Å²) in [6.45, 7) is 5.92. The van der Waals surface area contributed by atoms with Crippen LogP contribution in [0.15, 0.2) is 54.0 Å². The van der Waals surface area contributed by atoms with Gasteiger partial charge in [0.25, 0.3) is 0 Å². The summed E-state index contributed by atoms with van der Waals surface area (Å²) >= 11 is 1.62. The maximum absolute atomic E-state index is 13.3. The maximum atomic E-state index is 13.3. The van der Waals surface area contributed by atoms with E-state index >= 15 is 0 Å². The van der Waals surface area contributed by atoms with Gasteiger partial charge in [-0.15, -0.1) is 11.3 Å². The standard InChI is InChI=1S/C28H30FN7O2S/c1-18-15-35(28-30-9-13-39-28)11-12-36(18)25(37)17-34-10-8-20(16-34)27(38)31-22-6-7-23-24(14-22)32-33-26(23)19-2-4-21(29)5-3-19/h2-7,9,13-14,18,20H,8,10-12,15-17H2,1H3,(H,31,38)(H,32,33). The van der Waals surface area contributed by atoms with E-state index < -0.39 is 0 Å². The molecule has 0 radical (unpaired) electrons. The fourth-order valence-corrected chi connectivity index (χ4v) is 6.20. The van der Waals surface area contributed by atoms with Crippen molar-refractivity contribution in [2.75, 3.05) is 49.5 Å². The molecule has 0 saturated carbocycles. The van der Waals surface area contributed by atoms with E-state index in [1.807, 2.05) is 34.7 Å². The van der Waals surface area contributed by atoms with Crippen molar-refractivity contribution < 1.29 is 14.0 Å². The Morgan fingerprint density at radius 2 is 1.97 bits per heavy atom. The Labute approximate surface area is 229 Å². The van der Waals surface area contributed by atoms with Crippen LogP contribution in [-0.4, -0.2) is 82.1 Å². The lowest BCUT2D eigenvalue weighted by Crippen LogP contribution is -2.56. The molecule has 0 bridgehead atoms. The molecule has 2 aliphatic rings. The zero-order valence-corrected chi connectivity index (χ0v) is 22.5. The normalized spacial score (nSPS) is 20.1. The minimum absolute atomic E-state index is 0.0481. The highest BCUT2D eigenvalue weighted by Crippen LogP contribution is 2.29. The van der Waals surface area contributed by atoms with Gasteiger partial charge in [-0.2, -0.15) is 5.10 Å². The second-order valence-electron chi connectivity index (χ2n) is 10.2. The quantitative estimate of drug-likeness (QED) is 0.381. The molecule has 2 aromatic carbocycles. The predicted molar refractivity (Wildman–Crippen MR) is 150 cm³/mol. The minimum atomic E-state index is -0.293. The Kier molecular flexibility index (Phi) is 7.01. The lowest BCUT2D eigenvalue weighted by atomic mass is 10.1. The highest BCUT2D eigenvalue weighted by molar-refractivity contribution is 7.13. The molecule has 202 valence electrons. The van der Waals surface area contributed by atoms with Crippen LogP contribution in [0.4, 0.5) is 15.2 Å². The number of aromatic nitrogens is 3. The Morgan fingerprint density at radius 3 is 2.74 bits per heavy atom. The topological polar surface area (TPSA) is 97.5 Å². The molecular weight excluding hydrogens is 517 g/mol. The van der Waals surface area contributed by atoms with E-state index in [9.17, 15) is 14.0 Å². The first-order chi connectivity index (χ1) is 18.9. The number of nitrogens with one attached hydrogen (secondary N) is 2. The van der Waals surface area contributed by atoms with Crippen LogP contribution >= 0.6 is 11.3 Å². The van der Waals surface area contributed by atoms with Crippen LogP contribution < -0.4 is 10.2 Å². The number of benzene rings is 2. The number of hydrogen-bond acceptors (Lipinski definition) is 7. The van der Waals surface area contributed by atoms with E-state index in [-0.39, 0.29) is 29.6 Å². The Morgan fingerprint density at radius 1 is 1.13 bits per heavy atom. The van der Waals surface area contributed by atoms with Gasteiger partial charge >= 0.3 is 0 Å². The summed E-state index contributed by atoms with van der Waals surface area (Å²) in [4.78, 5) is 36.8. The SMILES string of the molecule is CC1CN(c2nccs2)CCN1C(=O)CN1CCC(C(=O)Nc2ccc3c(-c4ccc(F)cc4)n[nH]c3c2)C1. The molecule has 2 amide bonds. The van der Waals surface area contributed by atoms with Gasteiger partial charge in [-0.25, -0.2) is 9.37 Å². The molecule has 4 heterocycles. The number of hydrogen-bond donors (Lipinski definition) is 2. The molecule has 0 spiro atoms. The summed E-state index contributed by atoms with van der Waals surface area (Å²) in [7, 11) is 0. The van der Waals surface area contributed by atoms with Crippen molar-refractivity contribution in [2.24, 2.45) is 5.92 Å². The van der Waals surface area contributed by atoms with Gasteiger partial charge < -0.3 is 15.1 Å². The van der Waals surface area contributed by atoms with Crippen molar-refractivity contribution in [3.05, 3.63) is 59.9 Å². The third-order valence-electron chi connectivity index (χ3n) is 7.59. The molecule has 2 atom stereocenters. The molecule has 9 nitrogen and oxygen atoms in total. The summed E-state index contributed by atoms with van der Waals surface area (Å²) in [6.07, 6.45) is 2.52. The number of carbonyl (C=O) groups is 2. The summed E-state index contributed by atoms with van der Waals surface area (Å²) < 4.78 is 13.3. The van der Waals surface area contributed by atoms with E-state index in [4.69, 9.17) is 0 Å². The molecule has 2 aliphatic heterocycles. The largest absolute Gasteiger partial charge is 0.344 e. The number of likely N-dealkylation sites (tertiary alicyclic amines) is 1. The van der Waals surface area contributed by atoms with Crippen molar-refractivity contribution in [3.63, 3.8) is 0 Å². The molecular formula is C28H30FN7O2S. The molecule has 0 aliphatic carbocycles. The second-order valence-corrected chi connectivity index (χ2v) is 11.1. The number of rotatable bonds is 6. The predicted octanol–water partition coefficient (Wildman–Crippen LogP) is 3.82. The van der Waals surface area contributed by atoms with Gasteiger partial charge in [0.05, 0.1) is 23.7 Å². The summed E-state index contributed by atoms with van der Waals surface area (Å²) in [5, 5.41) is 14.3. The van der Waals surface area contributed by atoms with Crippen LogP contribution in [0.25, 0.3) is 22.2 Å². The smallest absolute Gasteiger partial charge is 0.237 e. The fourth-order valence-electron chi connectivity index (χ4n) is 5.52. The Hall–Kier alpha value is -3.83. The van der Waals surface area contributed by atoms with Crippen LogP contribution in [0.1, 0.15) is 13.3 Å². The average Bonchev–Trinajstić information content (AvgIpc) is 3.70. The van der Waals surface area contributed by atoms with Crippen molar-refractivity contribution >= 4 is 44.9 Å². The van der Waals surface area contributed by atoms with Gasteiger partial charge in [-0.1, -0.05) is 0 Å². The van der Waals surface area contributed by atoms with Gasteiger partial charge in [0.15, 0.2) is 5.13 Å². The third kappa shape index (κ3) is 5.37. The zero-order chi connectivity index (χ0) is 26.9. The monoisotopic (exact) mass is 547 g/mol. The van der Waals surface area contributed by atoms with E-state index in [1.165, 1.54) is 12.1 Å². The highest BCUT2D eigenvalue weighted by Gasteiger charge is 2.33. The van der Waals surface area contributed by atoms with E-state index in [0.717, 1.165) is 46.9 Å². The molecule has 2 fully saturated rings. The number of fused-ring (bicyclic) bond motifs is 1. The van der Waals surface area contributed by atoms with Crippen LogP contribution in [0.5, 0.6) is 0 Å². The van der Waals surface area contributed by atoms with Crippen LogP contribution in [0.3, 0.4) is 0 Å². The average molecular weight is 548 g/mol. The number of aromatic amines is 1. The zero-order valence-electron chi connectivity index (χ0n) is 21.6. The molecule has 11 heteroatoms. The Balaban J connectivity index is 1.02. The highest BCUT2D eigenvalue weighted by atomic mass is 32.1. The van der Waals surface area contributed by atoms with Gasteiger partial charge in [0.2, 0.25) is 11.8 Å². The van der Waals surface area contributed by atoms with E-state index in [1.54, 1.807) is 23.5 Å². The molecule has 2 saturated heterocycles. The molecule has 2 aromatic heterocycles. The first kappa shape index (κ1) is 25.4. The van der Waals surface area contributed by atoms with Crippen LogP contribution in [-0.2, 0) is 9.59 Å². The summed E-state index contributed by atoms with van der Waals surface area (Å²) in [5.41, 5.74) is 3.02. The van der Waals surface area contributed by atoms with Crippen molar-refractivity contribution in [1.82, 2.24) is 25.0 Å². The third-order valence-corrected chi connectivity index (χ3v) is 8.42. The summed E-state index contributed by atoms with van der Waals surface area (Å²) in [6, 6.07) is 11.9. The summed E-state index contributed by atoms with van der Waals surface area (Å²) in [5.74, 6) is -0.403. The Bertz CT molecular complexity index is 1470. The maximum Gasteiger partial charge on any atom is 0.237 e. The number of anilines is 2. The van der Waals surface area contributed by atoms with Crippen LogP contribution in [0, 0.1) is 11.7 Å². The van der Waals surface area contributed by atoms with Crippen molar-refractivity contribution in [1.29, 1.82) is 0 Å². The number of piperazine rings is 1. The first-order valence-corrected chi connectivity index (χ1v) is 14.0. The van der Waals surface area contributed by atoms with Crippen LogP contribution in [0.2, 0.25) is 0 Å². The van der Waals surface area contributed by atoms with Crippen molar-refractivity contribution in [2.45, 2.75) is 19.4 Å². The van der Waals surface area contributed by atoms with Gasteiger partial charge in [-0.05, 0) is 62.4 Å². The molecule has 4 aromatic rings. The first-order valence-electron chi connectivity index (χ1n) is 13.2. The fraction of sp³-hybridized carbons (Fsp3) is 0.357. The molecule has 2 N–H and O–H groups in total. The minimum Gasteiger partial charge on any atom is -0.344 e. The lowest BCUT2D eigenvalue weighted by Gasteiger charge is -2.40. The van der Waals surface area contributed by atoms with Crippen molar-refractivity contribution in [3.8, 4) is 11.3 Å². The van der Waals surface area contributed by atoms with Gasteiger partial charge in [0.1, 0.15) is 5.82 Å². The lowest BCUT2D eigenvalue weighted by molar-refractivity contribution is -0.134. The van der Waals surface area contributed by atoms with E-state index in [2.05, 4.69) is 37.2 Å². The second kappa shape index (κ2) is 10.7. The number of halogens is 1. The number of amides is 2. The van der Waals surface area contributed by atoms with Gasteiger partial charge in [-0.3, -0.25) is 19.6 Å². The number of thiazole rings is 1. The number of H-pyrrole nitrogens is 1.